The molecule has 1 aliphatic carbocycles. The van der Waals surface area contributed by atoms with Gasteiger partial charge < -0.3 is 15.0 Å². The number of likely N-dealkylation sites (tertiary alicyclic amines) is 1. The van der Waals surface area contributed by atoms with Gasteiger partial charge >= 0.3 is 0 Å². The number of nitrogens with one attached hydrogen (secondary N) is 1. The standard InChI is InChI=1S/C22H23N3O4S/c26-16-12-29-17-7-9-25(20(16)17)22(28)15(10-13-3-4-13)24-21(27)19-6-5-18(30-19)14-2-1-8-23-11-14/h1-2,5-6,8,11,13,15,17,20H,3-4,7,9-10,12H2,(H,24,27). The predicted molar refractivity (Wildman–Crippen MR) is 111 cm³/mol. The van der Waals surface area contributed by atoms with Crippen LogP contribution < -0.4 is 5.32 Å². The molecule has 5 rings (SSSR count). The highest BCUT2D eigenvalue weighted by molar-refractivity contribution is 7.17. The molecule has 7 nitrogen and oxygen atoms in total. The van der Waals surface area contributed by atoms with Crippen molar-refractivity contribution in [2.45, 2.75) is 43.9 Å². The number of carbonyl (C=O) groups is 3. The zero-order valence-electron chi connectivity index (χ0n) is 16.5. The molecule has 2 amide bonds. The summed E-state index contributed by atoms with van der Waals surface area (Å²) in [5.41, 5.74) is 0.954. The van der Waals surface area contributed by atoms with Gasteiger partial charge in [-0.15, -0.1) is 11.3 Å². The van der Waals surface area contributed by atoms with Gasteiger partial charge in [-0.05, 0) is 37.0 Å². The molecule has 4 heterocycles. The van der Waals surface area contributed by atoms with E-state index in [-0.39, 0.29) is 30.3 Å². The van der Waals surface area contributed by atoms with Crippen LogP contribution in [-0.4, -0.2) is 58.8 Å². The van der Waals surface area contributed by atoms with E-state index in [1.807, 2.05) is 18.2 Å². The summed E-state index contributed by atoms with van der Waals surface area (Å²) in [5.74, 6) is 0.00807. The van der Waals surface area contributed by atoms with E-state index in [1.165, 1.54) is 11.3 Å². The van der Waals surface area contributed by atoms with Gasteiger partial charge in [-0.3, -0.25) is 19.4 Å². The topological polar surface area (TPSA) is 88.6 Å². The van der Waals surface area contributed by atoms with Crippen molar-refractivity contribution in [1.82, 2.24) is 15.2 Å². The molecule has 8 heteroatoms. The number of hydrogen-bond acceptors (Lipinski definition) is 6. The van der Waals surface area contributed by atoms with E-state index >= 15 is 0 Å². The summed E-state index contributed by atoms with van der Waals surface area (Å²) in [7, 11) is 0. The van der Waals surface area contributed by atoms with Crippen LogP contribution in [0, 0.1) is 5.92 Å². The SMILES string of the molecule is O=C(NC(CC1CC1)C(=O)N1CCC2OCC(=O)C21)c1ccc(-c2cccnc2)s1. The fourth-order valence-electron chi connectivity index (χ4n) is 4.30. The lowest BCUT2D eigenvalue weighted by Crippen LogP contribution is -2.52. The molecule has 1 saturated carbocycles. The smallest absolute Gasteiger partial charge is 0.262 e. The zero-order chi connectivity index (χ0) is 20.7. The molecule has 30 heavy (non-hydrogen) atoms. The van der Waals surface area contributed by atoms with E-state index in [9.17, 15) is 14.4 Å². The maximum atomic E-state index is 13.3. The molecule has 2 saturated heterocycles. The number of nitrogens with zero attached hydrogens (tertiary/aromatic N) is 2. The number of hydrogen-bond donors (Lipinski definition) is 1. The lowest BCUT2D eigenvalue weighted by molar-refractivity contribution is -0.138. The highest BCUT2D eigenvalue weighted by atomic mass is 32.1. The molecule has 0 bridgehead atoms. The molecular formula is C22H23N3O4S. The zero-order valence-corrected chi connectivity index (χ0v) is 17.3. The van der Waals surface area contributed by atoms with Crippen molar-refractivity contribution in [3.8, 4) is 10.4 Å². The Labute approximate surface area is 178 Å². The third kappa shape index (κ3) is 3.77. The first-order chi connectivity index (χ1) is 14.6. The molecule has 0 aromatic carbocycles. The number of fused-ring (bicyclic) bond motifs is 1. The van der Waals surface area contributed by atoms with Crippen LogP contribution in [0.4, 0.5) is 0 Å². The molecule has 2 aromatic rings. The Kier molecular flexibility index (Phi) is 5.12. The molecule has 3 aliphatic rings. The first-order valence-electron chi connectivity index (χ1n) is 10.4. The molecule has 156 valence electrons. The number of ether oxygens (including phenoxy) is 1. The highest BCUT2D eigenvalue weighted by Gasteiger charge is 2.48. The van der Waals surface area contributed by atoms with Crippen LogP contribution in [0.2, 0.25) is 0 Å². The lowest BCUT2D eigenvalue weighted by atomic mass is 10.1. The van der Waals surface area contributed by atoms with Gasteiger partial charge in [-0.1, -0.05) is 18.9 Å². The Hall–Kier alpha value is -2.58. The number of amides is 2. The Bertz CT molecular complexity index is 972. The van der Waals surface area contributed by atoms with E-state index < -0.39 is 12.1 Å². The van der Waals surface area contributed by atoms with Crippen LogP contribution in [0.25, 0.3) is 10.4 Å². The van der Waals surface area contributed by atoms with Crippen molar-refractivity contribution in [3.63, 3.8) is 0 Å². The summed E-state index contributed by atoms with van der Waals surface area (Å²) >= 11 is 1.38. The van der Waals surface area contributed by atoms with Crippen molar-refractivity contribution in [3.05, 3.63) is 41.5 Å². The van der Waals surface area contributed by atoms with E-state index in [2.05, 4.69) is 10.3 Å². The molecule has 1 N–H and O–H groups in total. The largest absolute Gasteiger partial charge is 0.368 e. The van der Waals surface area contributed by atoms with Crippen LogP contribution in [0.3, 0.4) is 0 Å². The number of Topliss-reactive ketones (excluding diaryl/α,β-unsaturated/α-hetero) is 1. The van der Waals surface area contributed by atoms with Gasteiger partial charge in [0.2, 0.25) is 5.91 Å². The predicted octanol–water partition coefficient (Wildman–Crippen LogP) is 2.28. The first kappa shape index (κ1) is 19.4. The van der Waals surface area contributed by atoms with Gasteiger partial charge in [0.25, 0.3) is 5.91 Å². The summed E-state index contributed by atoms with van der Waals surface area (Å²) < 4.78 is 5.50. The summed E-state index contributed by atoms with van der Waals surface area (Å²) in [6.45, 7) is 0.576. The Morgan fingerprint density at radius 3 is 2.90 bits per heavy atom. The van der Waals surface area contributed by atoms with Crippen molar-refractivity contribution in [2.24, 2.45) is 5.92 Å². The number of rotatable bonds is 6. The normalized spacial score (nSPS) is 24.0. The molecule has 3 unspecified atom stereocenters. The van der Waals surface area contributed by atoms with Gasteiger partial charge in [0.05, 0.1) is 11.0 Å². The molecule has 0 spiro atoms. The Morgan fingerprint density at radius 2 is 2.13 bits per heavy atom. The number of ketones is 1. The van der Waals surface area contributed by atoms with Crippen molar-refractivity contribution in [2.75, 3.05) is 13.2 Å². The maximum Gasteiger partial charge on any atom is 0.262 e. The molecule has 2 aliphatic heterocycles. The average molecular weight is 426 g/mol. The third-order valence-corrected chi connectivity index (χ3v) is 7.17. The van der Waals surface area contributed by atoms with Gasteiger partial charge in [-0.2, -0.15) is 0 Å². The van der Waals surface area contributed by atoms with Gasteiger partial charge in [0, 0.05) is 29.4 Å². The fraction of sp³-hybridized carbons (Fsp3) is 0.455. The summed E-state index contributed by atoms with van der Waals surface area (Å²) in [6.07, 6.45) is 6.73. The highest BCUT2D eigenvalue weighted by Crippen LogP contribution is 2.35. The van der Waals surface area contributed by atoms with E-state index in [1.54, 1.807) is 23.4 Å². The minimum Gasteiger partial charge on any atom is -0.368 e. The summed E-state index contributed by atoms with van der Waals surface area (Å²) in [6, 6.07) is 6.38. The van der Waals surface area contributed by atoms with Crippen LogP contribution in [-0.2, 0) is 14.3 Å². The number of pyridine rings is 1. The molecular weight excluding hydrogens is 402 g/mol. The molecule has 0 radical (unpaired) electrons. The van der Waals surface area contributed by atoms with Crippen LogP contribution >= 0.6 is 11.3 Å². The van der Waals surface area contributed by atoms with Crippen molar-refractivity contribution < 1.29 is 19.1 Å². The lowest BCUT2D eigenvalue weighted by Gasteiger charge is -2.27. The van der Waals surface area contributed by atoms with Crippen molar-refractivity contribution >= 4 is 28.9 Å². The molecule has 3 atom stereocenters. The minimum atomic E-state index is -0.610. The minimum absolute atomic E-state index is 0.0401. The first-order valence-corrected chi connectivity index (χ1v) is 11.2. The monoisotopic (exact) mass is 425 g/mol. The van der Waals surface area contributed by atoms with Gasteiger partial charge in [-0.25, -0.2) is 0 Å². The number of carbonyl (C=O) groups excluding carboxylic acids is 3. The van der Waals surface area contributed by atoms with Gasteiger partial charge in [0.15, 0.2) is 5.78 Å². The molecule has 3 fully saturated rings. The molecule has 2 aromatic heterocycles. The second-order valence-corrected chi connectivity index (χ2v) is 9.28. The Balaban J connectivity index is 1.31. The second kappa shape index (κ2) is 7.92. The summed E-state index contributed by atoms with van der Waals surface area (Å²) in [4.78, 5) is 45.7. The number of aromatic nitrogens is 1. The fourth-order valence-corrected chi connectivity index (χ4v) is 5.20. The van der Waals surface area contributed by atoms with Crippen LogP contribution in [0.1, 0.15) is 35.4 Å². The van der Waals surface area contributed by atoms with Crippen LogP contribution in [0.15, 0.2) is 36.7 Å². The van der Waals surface area contributed by atoms with E-state index in [4.69, 9.17) is 4.74 Å². The number of thiophene rings is 1. The quantitative estimate of drug-likeness (QED) is 0.767. The Morgan fingerprint density at radius 1 is 1.27 bits per heavy atom. The van der Waals surface area contributed by atoms with Crippen molar-refractivity contribution in [1.29, 1.82) is 0 Å². The van der Waals surface area contributed by atoms with E-state index in [0.717, 1.165) is 23.3 Å². The third-order valence-electron chi connectivity index (χ3n) is 6.04. The second-order valence-electron chi connectivity index (χ2n) is 8.19. The average Bonchev–Trinajstić information content (AvgIpc) is 3.16. The summed E-state index contributed by atoms with van der Waals surface area (Å²) in [5, 5.41) is 2.95. The van der Waals surface area contributed by atoms with E-state index in [0.29, 0.717) is 30.2 Å². The van der Waals surface area contributed by atoms with Gasteiger partial charge in [0.1, 0.15) is 18.7 Å². The van der Waals surface area contributed by atoms with Crippen LogP contribution in [0.5, 0.6) is 0 Å². The maximum absolute atomic E-state index is 13.3.